The molecule has 0 saturated carbocycles. The molecule has 1 aliphatic rings. The van der Waals surface area contributed by atoms with Gasteiger partial charge in [-0.3, -0.25) is 4.79 Å². The molecule has 20 heavy (non-hydrogen) atoms. The Bertz CT molecular complexity index is 476. The molecule has 0 aliphatic carbocycles. The number of hydrogen-bond donors (Lipinski definition) is 3. The minimum absolute atomic E-state index is 0.0324. The molecule has 2 atom stereocenters. The average Bonchev–Trinajstić information content (AvgIpc) is 2.84. The Morgan fingerprint density at radius 3 is 2.95 bits per heavy atom. The number of methoxy groups -OCH3 is 1. The predicted octanol–water partition coefficient (Wildman–Crippen LogP) is 0.243. The first-order valence-electron chi connectivity index (χ1n) is 6.89. The quantitative estimate of drug-likeness (QED) is 0.722. The van der Waals surface area contributed by atoms with Gasteiger partial charge in [0, 0.05) is 25.6 Å². The Balaban J connectivity index is 1.85. The van der Waals surface area contributed by atoms with Crippen molar-refractivity contribution in [1.82, 2.24) is 10.6 Å². The summed E-state index contributed by atoms with van der Waals surface area (Å²) in [5.41, 5.74) is 1.98. The van der Waals surface area contributed by atoms with Gasteiger partial charge in [0.1, 0.15) is 5.75 Å². The monoisotopic (exact) mass is 278 g/mol. The van der Waals surface area contributed by atoms with Gasteiger partial charge >= 0.3 is 0 Å². The molecule has 1 aromatic rings. The Morgan fingerprint density at radius 1 is 1.50 bits per heavy atom. The third-order valence-corrected chi connectivity index (χ3v) is 3.70. The van der Waals surface area contributed by atoms with E-state index >= 15 is 0 Å². The molecule has 1 aromatic carbocycles. The van der Waals surface area contributed by atoms with Crippen LogP contribution in [0.15, 0.2) is 18.2 Å². The number of aryl methyl sites for hydroxylation is 1. The summed E-state index contributed by atoms with van der Waals surface area (Å²) in [6, 6.07) is 5.77. The lowest BCUT2D eigenvalue weighted by Crippen LogP contribution is -2.35. The molecule has 1 amide bonds. The maximum Gasteiger partial charge on any atom is 0.224 e. The molecule has 2 rings (SSSR count). The predicted molar refractivity (Wildman–Crippen MR) is 76.8 cm³/mol. The van der Waals surface area contributed by atoms with Crippen molar-refractivity contribution < 1.29 is 14.6 Å². The summed E-state index contributed by atoms with van der Waals surface area (Å²) in [4.78, 5) is 11.9. The highest BCUT2D eigenvalue weighted by atomic mass is 16.5. The Labute approximate surface area is 119 Å². The van der Waals surface area contributed by atoms with Crippen LogP contribution >= 0.6 is 0 Å². The number of β-amino-alcohol motifs (C(OH)–C–C–N with tert-alkyl or cyclic N) is 1. The van der Waals surface area contributed by atoms with Crippen LogP contribution in [0.5, 0.6) is 5.75 Å². The molecule has 1 aliphatic heterocycles. The Morgan fingerprint density at radius 2 is 2.30 bits per heavy atom. The van der Waals surface area contributed by atoms with E-state index in [2.05, 4.69) is 10.6 Å². The lowest BCUT2D eigenvalue weighted by atomic mass is 10.1. The normalized spacial score (nSPS) is 21.8. The molecule has 1 saturated heterocycles. The van der Waals surface area contributed by atoms with E-state index in [0.29, 0.717) is 19.5 Å². The van der Waals surface area contributed by atoms with E-state index in [1.54, 1.807) is 7.11 Å². The van der Waals surface area contributed by atoms with Crippen LogP contribution < -0.4 is 15.4 Å². The topological polar surface area (TPSA) is 70.6 Å². The summed E-state index contributed by atoms with van der Waals surface area (Å²) >= 11 is 0. The van der Waals surface area contributed by atoms with Gasteiger partial charge in [-0.15, -0.1) is 0 Å². The lowest BCUT2D eigenvalue weighted by Gasteiger charge is -2.14. The minimum atomic E-state index is -0.366. The third-order valence-electron chi connectivity index (χ3n) is 3.70. The van der Waals surface area contributed by atoms with Crippen LogP contribution in [0.1, 0.15) is 11.1 Å². The number of carbonyl (C=O) groups excluding carboxylic acids is 1. The lowest BCUT2D eigenvalue weighted by molar-refractivity contribution is -0.120. The van der Waals surface area contributed by atoms with E-state index in [1.165, 1.54) is 0 Å². The molecular weight excluding hydrogens is 256 g/mol. The van der Waals surface area contributed by atoms with E-state index in [1.807, 2.05) is 25.1 Å². The van der Waals surface area contributed by atoms with Crippen molar-refractivity contribution in [3.05, 3.63) is 29.3 Å². The number of rotatable bonds is 5. The van der Waals surface area contributed by atoms with E-state index < -0.39 is 0 Å². The van der Waals surface area contributed by atoms with Crippen LogP contribution in [0.25, 0.3) is 0 Å². The summed E-state index contributed by atoms with van der Waals surface area (Å²) in [5, 5.41) is 15.6. The third kappa shape index (κ3) is 3.71. The average molecular weight is 278 g/mol. The van der Waals surface area contributed by atoms with Gasteiger partial charge in [0.05, 0.1) is 19.6 Å². The van der Waals surface area contributed by atoms with Gasteiger partial charge in [-0.1, -0.05) is 12.1 Å². The molecule has 0 aromatic heterocycles. The van der Waals surface area contributed by atoms with Gasteiger partial charge in [-0.05, 0) is 24.1 Å². The number of amides is 1. The molecule has 0 bridgehead atoms. The highest BCUT2D eigenvalue weighted by molar-refractivity contribution is 5.78. The van der Waals surface area contributed by atoms with Crippen LogP contribution in [-0.4, -0.2) is 43.9 Å². The number of carbonyl (C=O) groups is 1. The first-order valence-corrected chi connectivity index (χ1v) is 6.89. The van der Waals surface area contributed by atoms with Crippen molar-refractivity contribution in [3.8, 4) is 5.75 Å². The fourth-order valence-electron chi connectivity index (χ4n) is 2.39. The first-order chi connectivity index (χ1) is 9.60. The van der Waals surface area contributed by atoms with Crippen LogP contribution in [-0.2, 0) is 11.2 Å². The Hall–Kier alpha value is -1.59. The second-order valence-electron chi connectivity index (χ2n) is 5.27. The highest BCUT2D eigenvalue weighted by Gasteiger charge is 2.24. The van der Waals surface area contributed by atoms with Gasteiger partial charge < -0.3 is 20.5 Å². The highest BCUT2D eigenvalue weighted by Crippen LogP contribution is 2.19. The minimum Gasteiger partial charge on any atom is -0.496 e. The van der Waals surface area contributed by atoms with Gasteiger partial charge in [0.25, 0.3) is 0 Å². The molecule has 5 heteroatoms. The maximum atomic E-state index is 11.9. The van der Waals surface area contributed by atoms with Gasteiger partial charge in [0.15, 0.2) is 0 Å². The molecule has 0 radical (unpaired) electrons. The van der Waals surface area contributed by atoms with Crippen molar-refractivity contribution in [3.63, 3.8) is 0 Å². The molecule has 3 N–H and O–H groups in total. The van der Waals surface area contributed by atoms with Crippen molar-refractivity contribution in [2.24, 2.45) is 5.92 Å². The van der Waals surface area contributed by atoms with Gasteiger partial charge in [-0.25, -0.2) is 0 Å². The Kier molecular flexibility index (Phi) is 4.98. The second-order valence-corrected chi connectivity index (χ2v) is 5.27. The number of aliphatic hydroxyl groups excluding tert-OH is 1. The summed E-state index contributed by atoms with van der Waals surface area (Å²) < 4.78 is 5.25. The van der Waals surface area contributed by atoms with Gasteiger partial charge in [-0.2, -0.15) is 0 Å². The van der Waals surface area contributed by atoms with Crippen LogP contribution in [0, 0.1) is 12.8 Å². The summed E-state index contributed by atoms with van der Waals surface area (Å²) in [6.45, 7) is 3.84. The molecule has 2 unspecified atom stereocenters. The van der Waals surface area contributed by atoms with Crippen molar-refractivity contribution in [2.75, 3.05) is 26.7 Å². The summed E-state index contributed by atoms with van der Waals surface area (Å²) in [5.74, 6) is 0.868. The van der Waals surface area contributed by atoms with Crippen molar-refractivity contribution in [2.45, 2.75) is 19.4 Å². The standard InChI is InChI=1S/C15H22N2O3/c1-10-3-4-11(5-14(10)20-2)6-15(19)17-8-12-7-16-9-13(12)18/h3-5,12-13,16,18H,6-9H2,1-2H3,(H,17,19). The van der Waals surface area contributed by atoms with E-state index in [0.717, 1.165) is 23.4 Å². The molecular formula is C15H22N2O3. The number of benzene rings is 1. The molecule has 0 spiro atoms. The first kappa shape index (κ1) is 14.8. The largest absolute Gasteiger partial charge is 0.496 e. The summed E-state index contributed by atoms with van der Waals surface area (Å²) in [7, 11) is 1.63. The molecule has 5 nitrogen and oxygen atoms in total. The van der Waals surface area contributed by atoms with Crippen LogP contribution in [0.3, 0.4) is 0 Å². The smallest absolute Gasteiger partial charge is 0.224 e. The van der Waals surface area contributed by atoms with E-state index in [-0.39, 0.29) is 17.9 Å². The number of ether oxygens (including phenoxy) is 1. The molecule has 1 fully saturated rings. The van der Waals surface area contributed by atoms with Gasteiger partial charge in [0.2, 0.25) is 5.91 Å². The second kappa shape index (κ2) is 6.72. The fourth-order valence-corrected chi connectivity index (χ4v) is 2.39. The molecule has 1 heterocycles. The van der Waals surface area contributed by atoms with Crippen LogP contribution in [0.2, 0.25) is 0 Å². The maximum absolute atomic E-state index is 11.9. The zero-order valence-electron chi connectivity index (χ0n) is 12.0. The number of nitrogens with one attached hydrogen (secondary N) is 2. The van der Waals surface area contributed by atoms with Crippen molar-refractivity contribution >= 4 is 5.91 Å². The van der Waals surface area contributed by atoms with E-state index in [4.69, 9.17) is 4.74 Å². The number of aliphatic hydroxyl groups is 1. The SMILES string of the molecule is COc1cc(CC(=O)NCC2CNCC2O)ccc1C. The van der Waals surface area contributed by atoms with Crippen molar-refractivity contribution in [1.29, 1.82) is 0 Å². The zero-order valence-corrected chi connectivity index (χ0v) is 12.0. The van der Waals surface area contributed by atoms with Crippen LogP contribution in [0.4, 0.5) is 0 Å². The number of hydrogen-bond acceptors (Lipinski definition) is 4. The summed E-state index contributed by atoms with van der Waals surface area (Å²) in [6.07, 6.45) is -0.0397. The molecule has 110 valence electrons. The van der Waals surface area contributed by atoms with E-state index in [9.17, 15) is 9.90 Å². The zero-order chi connectivity index (χ0) is 14.5. The fraction of sp³-hybridized carbons (Fsp3) is 0.533.